The molecule has 2 aromatic heterocycles. The quantitative estimate of drug-likeness (QED) is 0.622. The molecule has 0 saturated heterocycles. The number of halogens is 1. The Morgan fingerprint density at radius 2 is 2.00 bits per heavy atom. The van der Waals surface area contributed by atoms with Gasteiger partial charge < -0.3 is 20.1 Å². The number of carbonyl (C=O) groups is 1. The maximum absolute atomic E-state index is 15.1. The summed E-state index contributed by atoms with van der Waals surface area (Å²) >= 11 is 0. The molecule has 0 radical (unpaired) electrons. The predicted octanol–water partition coefficient (Wildman–Crippen LogP) is 2.90. The van der Waals surface area contributed by atoms with Gasteiger partial charge in [0.25, 0.3) is 5.91 Å². The van der Waals surface area contributed by atoms with Gasteiger partial charge in [-0.2, -0.15) is 9.97 Å². The van der Waals surface area contributed by atoms with E-state index < -0.39 is 5.69 Å². The molecule has 1 aliphatic heterocycles. The van der Waals surface area contributed by atoms with Crippen molar-refractivity contribution in [3.8, 4) is 0 Å². The third-order valence-electron chi connectivity index (χ3n) is 6.70. The average molecular weight is 452 g/mol. The molecule has 10 heteroatoms. The lowest BCUT2D eigenvalue weighted by molar-refractivity contribution is 0.0980. The van der Waals surface area contributed by atoms with E-state index >= 15 is 4.39 Å². The molecule has 33 heavy (non-hydrogen) atoms. The molecule has 1 amide bonds. The fourth-order valence-corrected chi connectivity index (χ4v) is 5.03. The summed E-state index contributed by atoms with van der Waals surface area (Å²) in [6.45, 7) is 2.13. The van der Waals surface area contributed by atoms with Crippen molar-refractivity contribution >= 4 is 17.4 Å². The molecule has 0 spiro atoms. The molecular weight excluding hydrogens is 427 g/mol. The monoisotopic (exact) mass is 452 g/mol. The second-order valence-corrected chi connectivity index (χ2v) is 8.85. The highest BCUT2D eigenvalue weighted by Gasteiger charge is 2.31. The summed E-state index contributed by atoms with van der Waals surface area (Å²) in [5.74, 6) is 1.11. The number of H-pyrrole nitrogens is 1. The standard InChI is InChI=1S/C23H25FN6O3/c1-12-26-19(33-29-12)10-13-2-4-14(5-3-13)16-7-6-15(11-17(16)24)30-9-8-18-20(22(30)31)21(25)28-23(32)27-18/h6-7,11,13-14H,2-5,8-10H2,1H3,(H3,25,27,28,32). The molecule has 0 atom stereocenters. The molecule has 5 rings (SSSR count). The Balaban J connectivity index is 1.28. The van der Waals surface area contributed by atoms with E-state index in [0.717, 1.165) is 32.1 Å². The fourth-order valence-electron chi connectivity index (χ4n) is 5.03. The second kappa shape index (κ2) is 8.42. The Bertz CT molecular complexity index is 1260. The van der Waals surface area contributed by atoms with Crippen molar-refractivity contribution in [2.45, 2.75) is 51.4 Å². The van der Waals surface area contributed by atoms with Crippen LogP contribution in [0.2, 0.25) is 0 Å². The minimum atomic E-state index is -0.579. The van der Waals surface area contributed by atoms with Gasteiger partial charge in [0, 0.05) is 30.8 Å². The van der Waals surface area contributed by atoms with Gasteiger partial charge in [-0.05, 0) is 62.1 Å². The molecule has 172 valence electrons. The molecule has 9 nitrogen and oxygen atoms in total. The van der Waals surface area contributed by atoms with Crippen LogP contribution in [0.1, 0.15) is 64.9 Å². The van der Waals surface area contributed by atoms with E-state index in [-0.39, 0.29) is 29.0 Å². The van der Waals surface area contributed by atoms with Crippen LogP contribution >= 0.6 is 0 Å². The molecule has 3 heterocycles. The highest BCUT2D eigenvalue weighted by atomic mass is 19.1. The predicted molar refractivity (Wildman–Crippen MR) is 118 cm³/mol. The summed E-state index contributed by atoms with van der Waals surface area (Å²) in [5.41, 5.74) is 7.04. The molecular formula is C23H25FN6O3. The minimum absolute atomic E-state index is 0.104. The molecule has 1 aromatic carbocycles. The van der Waals surface area contributed by atoms with Crippen LogP contribution in [0.3, 0.4) is 0 Å². The summed E-state index contributed by atoms with van der Waals surface area (Å²) in [7, 11) is 0. The number of fused-ring (bicyclic) bond motifs is 1. The second-order valence-electron chi connectivity index (χ2n) is 8.85. The first-order chi connectivity index (χ1) is 15.9. The minimum Gasteiger partial charge on any atom is -0.383 e. The first-order valence-electron chi connectivity index (χ1n) is 11.2. The molecule has 2 aliphatic rings. The Kier molecular flexibility index (Phi) is 5.43. The van der Waals surface area contributed by atoms with Gasteiger partial charge in [0.2, 0.25) is 5.89 Å². The van der Waals surface area contributed by atoms with E-state index in [1.165, 1.54) is 11.0 Å². The largest absolute Gasteiger partial charge is 0.383 e. The fraction of sp³-hybridized carbons (Fsp3) is 0.435. The lowest BCUT2D eigenvalue weighted by Gasteiger charge is -2.30. The zero-order valence-corrected chi connectivity index (χ0v) is 18.3. The van der Waals surface area contributed by atoms with Gasteiger partial charge in [0.1, 0.15) is 17.2 Å². The van der Waals surface area contributed by atoms with Crippen molar-refractivity contribution in [3.63, 3.8) is 0 Å². The summed E-state index contributed by atoms with van der Waals surface area (Å²) in [4.78, 5) is 36.5. The normalized spacial score (nSPS) is 20.7. The molecule has 3 aromatic rings. The summed E-state index contributed by atoms with van der Waals surface area (Å²) in [6, 6.07) is 4.99. The number of anilines is 2. The highest BCUT2D eigenvalue weighted by molar-refractivity contribution is 6.10. The number of nitrogen functional groups attached to an aromatic ring is 1. The van der Waals surface area contributed by atoms with Gasteiger partial charge in [-0.25, -0.2) is 9.18 Å². The Labute approximate surface area is 189 Å². The maximum atomic E-state index is 15.1. The van der Waals surface area contributed by atoms with E-state index in [2.05, 4.69) is 20.1 Å². The van der Waals surface area contributed by atoms with Crippen LogP contribution in [0.4, 0.5) is 15.9 Å². The summed E-state index contributed by atoms with van der Waals surface area (Å²) in [6.07, 6.45) is 4.89. The topological polar surface area (TPSA) is 131 Å². The maximum Gasteiger partial charge on any atom is 0.347 e. The number of hydrogen-bond donors (Lipinski definition) is 2. The number of aromatic amines is 1. The van der Waals surface area contributed by atoms with Crippen molar-refractivity contribution < 1.29 is 13.7 Å². The SMILES string of the molecule is Cc1noc(CC2CCC(c3ccc(N4CCc5[nH]c(=O)nc(N)c5C4=O)cc3F)CC2)n1. The molecule has 0 bridgehead atoms. The molecule has 0 unspecified atom stereocenters. The number of nitrogens with zero attached hydrogens (tertiary/aromatic N) is 4. The van der Waals surface area contributed by atoms with Gasteiger partial charge in [0.05, 0.1) is 0 Å². The van der Waals surface area contributed by atoms with E-state index in [0.29, 0.717) is 47.5 Å². The van der Waals surface area contributed by atoms with Crippen LogP contribution in [0, 0.1) is 18.7 Å². The van der Waals surface area contributed by atoms with Crippen LogP contribution < -0.4 is 16.3 Å². The van der Waals surface area contributed by atoms with Gasteiger partial charge in [0.15, 0.2) is 5.82 Å². The van der Waals surface area contributed by atoms with Crippen LogP contribution in [-0.2, 0) is 12.8 Å². The number of nitrogens with one attached hydrogen (secondary N) is 1. The van der Waals surface area contributed by atoms with Crippen LogP contribution in [0.5, 0.6) is 0 Å². The number of rotatable bonds is 4. The third kappa shape index (κ3) is 4.12. The van der Waals surface area contributed by atoms with Crippen molar-refractivity contribution in [1.82, 2.24) is 20.1 Å². The number of hydrogen-bond acceptors (Lipinski definition) is 7. The molecule has 1 aliphatic carbocycles. The zero-order valence-electron chi connectivity index (χ0n) is 18.3. The van der Waals surface area contributed by atoms with Gasteiger partial charge >= 0.3 is 5.69 Å². The van der Waals surface area contributed by atoms with E-state index in [1.54, 1.807) is 19.1 Å². The third-order valence-corrected chi connectivity index (χ3v) is 6.70. The van der Waals surface area contributed by atoms with Crippen molar-refractivity contribution in [3.05, 3.63) is 63.0 Å². The van der Waals surface area contributed by atoms with Gasteiger partial charge in [-0.1, -0.05) is 11.2 Å². The lowest BCUT2D eigenvalue weighted by atomic mass is 9.77. The number of aromatic nitrogens is 4. The Morgan fingerprint density at radius 3 is 2.70 bits per heavy atom. The van der Waals surface area contributed by atoms with Crippen LogP contribution in [-0.4, -0.2) is 32.6 Å². The first-order valence-corrected chi connectivity index (χ1v) is 11.2. The zero-order chi connectivity index (χ0) is 23.1. The summed E-state index contributed by atoms with van der Waals surface area (Å²) < 4.78 is 20.4. The van der Waals surface area contributed by atoms with Crippen molar-refractivity contribution in [1.29, 1.82) is 0 Å². The lowest BCUT2D eigenvalue weighted by Crippen LogP contribution is -2.40. The van der Waals surface area contributed by atoms with E-state index in [4.69, 9.17) is 10.3 Å². The number of carbonyl (C=O) groups excluding carboxylic acids is 1. The molecule has 1 saturated carbocycles. The smallest absolute Gasteiger partial charge is 0.347 e. The number of aryl methyl sites for hydroxylation is 1. The number of nitrogens with two attached hydrogens (primary N) is 1. The van der Waals surface area contributed by atoms with Crippen molar-refractivity contribution in [2.75, 3.05) is 17.2 Å². The van der Waals surface area contributed by atoms with Crippen molar-refractivity contribution in [2.24, 2.45) is 5.92 Å². The first kappa shape index (κ1) is 21.3. The van der Waals surface area contributed by atoms with E-state index in [9.17, 15) is 9.59 Å². The number of amides is 1. The molecule has 3 N–H and O–H groups in total. The van der Waals surface area contributed by atoms with E-state index in [1.807, 2.05) is 0 Å². The Morgan fingerprint density at radius 1 is 1.21 bits per heavy atom. The van der Waals surface area contributed by atoms with Gasteiger partial charge in [-0.3, -0.25) is 4.79 Å². The van der Waals surface area contributed by atoms with Crippen LogP contribution in [0.25, 0.3) is 0 Å². The number of benzene rings is 1. The average Bonchev–Trinajstić information content (AvgIpc) is 3.18. The Hall–Kier alpha value is -3.56. The van der Waals surface area contributed by atoms with Crippen LogP contribution in [0.15, 0.2) is 27.5 Å². The van der Waals surface area contributed by atoms with Gasteiger partial charge in [-0.15, -0.1) is 0 Å². The summed E-state index contributed by atoms with van der Waals surface area (Å²) in [5, 5.41) is 3.84. The highest BCUT2D eigenvalue weighted by Crippen LogP contribution is 2.39. The molecule has 1 fully saturated rings.